The maximum absolute atomic E-state index is 5.65. The summed E-state index contributed by atoms with van der Waals surface area (Å²) in [6, 6.07) is 3.78. The average molecular weight is 258 g/mol. The van der Waals surface area contributed by atoms with Crippen LogP contribution in [-0.4, -0.2) is 24.3 Å². The number of ether oxygens (including phenoxy) is 2. The number of aromatic nitrogens is 1. The van der Waals surface area contributed by atoms with Gasteiger partial charge in [0.1, 0.15) is 6.10 Å². The second kappa shape index (κ2) is 4.75. The summed E-state index contributed by atoms with van der Waals surface area (Å²) >= 11 is 3.33. The first-order chi connectivity index (χ1) is 6.84. The first-order valence-corrected chi connectivity index (χ1v) is 5.50. The van der Waals surface area contributed by atoms with Crippen LogP contribution in [0.5, 0.6) is 5.88 Å². The molecule has 14 heavy (non-hydrogen) atoms. The van der Waals surface area contributed by atoms with E-state index >= 15 is 0 Å². The summed E-state index contributed by atoms with van der Waals surface area (Å²) in [4.78, 5) is 4.15. The van der Waals surface area contributed by atoms with E-state index in [0.717, 1.165) is 23.9 Å². The first-order valence-electron chi connectivity index (χ1n) is 4.70. The van der Waals surface area contributed by atoms with Gasteiger partial charge in [-0.3, -0.25) is 0 Å². The number of hydrogen-bond acceptors (Lipinski definition) is 3. The molecule has 0 spiro atoms. The maximum Gasteiger partial charge on any atom is 0.213 e. The molecule has 1 aromatic rings. The van der Waals surface area contributed by atoms with Crippen LogP contribution in [0.15, 0.2) is 22.8 Å². The summed E-state index contributed by atoms with van der Waals surface area (Å²) in [5.74, 6) is 0.670. The normalized spacial score (nSPS) is 21.9. The maximum atomic E-state index is 5.65. The van der Waals surface area contributed by atoms with Crippen molar-refractivity contribution in [1.29, 1.82) is 0 Å². The van der Waals surface area contributed by atoms with Gasteiger partial charge in [-0.25, -0.2) is 4.98 Å². The molecule has 3 nitrogen and oxygen atoms in total. The number of halogens is 1. The van der Waals surface area contributed by atoms with Crippen LogP contribution in [0.4, 0.5) is 0 Å². The predicted octanol–water partition coefficient (Wildman–Crippen LogP) is 2.40. The van der Waals surface area contributed by atoms with E-state index in [2.05, 4.69) is 20.9 Å². The number of rotatable bonds is 2. The van der Waals surface area contributed by atoms with Crippen molar-refractivity contribution in [3.63, 3.8) is 0 Å². The highest BCUT2D eigenvalue weighted by Crippen LogP contribution is 2.16. The molecule has 0 aliphatic carbocycles. The SMILES string of the molecule is Brc1ccc(OC2CCCOC2)nc1. The van der Waals surface area contributed by atoms with E-state index in [0.29, 0.717) is 12.5 Å². The zero-order valence-corrected chi connectivity index (χ0v) is 9.37. The lowest BCUT2D eigenvalue weighted by Crippen LogP contribution is -2.28. The molecule has 1 atom stereocenters. The lowest BCUT2D eigenvalue weighted by molar-refractivity contribution is 0.00549. The summed E-state index contributed by atoms with van der Waals surface area (Å²) in [7, 11) is 0. The minimum atomic E-state index is 0.164. The summed E-state index contributed by atoms with van der Waals surface area (Å²) in [6.07, 6.45) is 4.02. The van der Waals surface area contributed by atoms with E-state index < -0.39 is 0 Å². The minimum Gasteiger partial charge on any atom is -0.472 e. The fraction of sp³-hybridized carbons (Fsp3) is 0.500. The molecule has 0 bridgehead atoms. The van der Waals surface area contributed by atoms with Gasteiger partial charge in [0, 0.05) is 23.3 Å². The Kier molecular flexibility index (Phi) is 3.37. The smallest absolute Gasteiger partial charge is 0.213 e. The molecule has 1 aliphatic heterocycles. The number of hydrogen-bond donors (Lipinski definition) is 0. The Labute approximate surface area is 91.6 Å². The first kappa shape index (κ1) is 9.93. The van der Waals surface area contributed by atoms with Crippen LogP contribution in [-0.2, 0) is 4.74 Å². The zero-order valence-electron chi connectivity index (χ0n) is 7.78. The van der Waals surface area contributed by atoms with E-state index in [4.69, 9.17) is 9.47 Å². The van der Waals surface area contributed by atoms with Crippen molar-refractivity contribution in [1.82, 2.24) is 4.98 Å². The lowest BCUT2D eigenvalue weighted by Gasteiger charge is -2.22. The van der Waals surface area contributed by atoms with Crippen molar-refractivity contribution in [2.24, 2.45) is 0 Å². The Morgan fingerprint density at radius 2 is 2.43 bits per heavy atom. The molecule has 1 unspecified atom stereocenters. The van der Waals surface area contributed by atoms with E-state index in [1.54, 1.807) is 6.20 Å². The third kappa shape index (κ3) is 2.69. The molecule has 1 fully saturated rings. The molecule has 1 aliphatic rings. The molecule has 4 heteroatoms. The van der Waals surface area contributed by atoms with Crippen molar-refractivity contribution in [3.8, 4) is 5.88 Å². The molecule has 0 radical (unpaired) electrons. The van der Waals surface area contributed by atoms with Gasteiger partial charge < -0.3 is 9.47 Å². The van der Waals surface area contributed by atoms with Gasteiger partial charge in [0.05, 0.1) is 6.61 Å². The molecule has 76 valence electrons. The van der Waals surface area contributed by atoms with Crippen LogP contribution >= 0.6 is 15.9 Å². The molecule has 1 aromatic heterocycles. The van der Waals surface area contributed by atoms with Gasteiger partial charge in [-0.05, 0) is 34.8 Å². The van der Waals surface area contributed by atoms with Crippen LogP contribution in [0.1, 0.15) is 12.8 Å². The predicted molar refractivity (Wildman–Crippen MR) is 56.4 cm³/mol. The van der Waals surface area contributed by atoms with E-state index in [1.165, 1.54) is 0 Å². The van der Waals surface area contributed by atoms with Gasteiger partial charge in [0.2, 0.25) is 5.88 Å². The zero-order chi connectivity index (χ0) is 9.80. The monoisotopic (exact) mass is 257 g/mol. The molecule has 1 saturated heterocycles. The highest BCUT2D eigenvalue weighted by Gasteiger charge is 2.15. The standard InChI is InChI=1S/C10H12BrNO2/c11-8-3-4-10(12-6-8)14-9-2-1-5-13-7-9/h3-4,6,9H,1-2,5,7H2. The fourth-order valence-electron chi connectivity index (χ4n) is 1.41. The largest absolute Gasteiger partial charge is 0.472 e. The molecular weight excluding hydrogens is 246 g/mol. The Morgan fingerprint density at radius 1 is 1.50 bits per heavy atom. The summed E-state index contributed by atoms with van der Waals surface area (Å²) in [5.41, 5.74) is 0. The highest BCUT2D eigenvalue weighted by molar-refractivity contribution is 9.10. The van der Waals surface area contributed by atoms with E-state index in [9.17, 15) is 0 Å². The second-order valence-corrected chi connectivity index (χ2v) is 4.19. The van der Waals surface area contributed by atoms with Gasteiger partial charge in [0.25, 0.3) is 0 Å². The van der Waals surface area contributed by atoms with Gasteiger partial charge in [-0.15, -0.1) is 0 Å². The fourth-order valence-corrected chi connectivity index (χ4v) is 1.64. The van der Waals surface area contributed by atoms with Crippen LogP contribution in [0.3, 0.4) is 0 Å². The molecule has 2 heterocycles. The Morgan fingerprint density at radius 3 is 3.07 bits per heavy atom. The Bertz CT molecular complexity index is 283. The van der Waals surface area contributed by atoms with Crippen LogP contribution in [0.2, 0.25) is 0 Å². The van der Waals surface area contributed by atoms with E-state index in [1.807, 2.05) is 12.1 Å². The molecule has 2 rings (SSSR count). The van der Waals surface area contributed by atoms with Crippen molar-refractivity contribution < 1.29 is 9.47 Å². The van der Waals surface area contributed by atoms with Crippen LogP contribution in [0.25, 0.3) is 0 Å². The summed E-state index contributed by atoms with van der Waals surface area (Å²) in [6.45, 7) is 1.53. The quantitative estimate of drug-likeness (QED) is 0.816. The number of nitrogens with zero attached hydrogens (tertiary/aromatic N) is 1. The highest BCUT2D eigenvalue weighted by atomic mass is 79.9. The summed E-state index contributed by atoms with van der Waals surface area (Å²) in [5, 5.41) is 0. The molecule has 0 saturated carbocycles. The second-order valence-electron chi connectivity index (χ2n) is 3.27. The van der Waals surface area contributed by atoms with Crippen molar-refractivity contribution in [3.05, 3.63) is 22.8 Å². The molecule has 0 N–H and O–H groups in total. The Hall–Kier alpha value is -0.610. The van der Waals surface area contributed by atoms with Crippen molar-refractivity contribution >= 4 is 15.9 Å². The van der Waals surface area contributed by atoms with Gasteiger partial charge in [-0.2, -0.15) is 0 Å². The minimum absolute atomic E-state index is 0.164. The van der Waals surface area contributed by atoms with Gasteiger partial charge >= 0.3 is 0 Å². The average Bonchev–Trinajstić information content (AvgIpc) is 2.23. The Balaban J connectivity index is 1.92. The van der Waals surface area contributed by atoms with Gasteiger partial charge in [-0.1, -0.05) is 0 Å². The summed E-state index contributed by atoms with van der Waals surface area (Å²) < 4.78 is 11.9. The van der Waals surface area contributed by atoms with Crippen molar-refractivity contribution in [2.45, 2.75) is 18.9 Å². The molecular formula is C10H12BrNO2. The van der Waals surface area contributed by atoms with Crippen molar-refractivity contribution in [2.75, 3.05) is 13.2 Å². The number of pyridine rings is 1. The van der Waals surface area contributed by atoms with Crippen LogP contribution in [0, 0.1) is 0 Å². The molecule has 0 aromatic carbocycles. The third-order valence-corrected chi connectivity index (χ3v) is 2.58. The van der Waals surface area contributed by atoms with Crippen LogP contribution < -0.4 is 4.74 Å². The lowest BCUT2D eigenvalue weighted by atomic mass is 10.2. The van der Waals surface area contributed by atoms with Gasteiger partial charge in [0.15, 0.2) is 0 Å². The van der Waals surface area contributed by atoms with E-state index in [-0.39, 0.29) is 6.10 Å². The molecule has 0 amide bonds. The third-order valence-electron chi connectivity index (χ3n) is 2.11. The topological polar surface area (TPSA) is 31.4 Å².